The summed E-state index contributed by atoms with van der Waals surface area (Å²) in [5.41, 5.74) is 1.45. The van der Waals surface area contributed by atoms with Gasteiger partial charge in [-0.3, -0.25) is 14.9 Å². The van der Waals surface area contributed by atoms with E-state index in [1.165, 1.54) is 11.3 Å². The number of hydrogen-bond acceptors (Lipinski definition) is 6. The Morgan fingerprint density at radius 1 is 1.27 bits per heavy atom. The minimum atomic E-state index is -0.378. The molecule has 2 aliphatic heterocycles. The molecular formula is C18H22N4O3S. The first kappa shape index (κ1) is 17.4. The fourth-order valence-corrected chi connectivity index (χ4v) is 4.18. The van der Waals surface area contributed by atoms with Gasteiger partial charge in [0.15, 0.2) is 5.13 Å². The van der Waals surface area contributed by atoms with Crippen molar-refractivity contribution >= 4 is 38.5 Å². The van der Waals surface area contributed by atoms with Crippen LogP contribution >= 0.6 is 11.3 Å². The summed E-state index contributed by atoms with van der Waals surface area (Å²) >= 11 is 1.39. The first-order valence-electron chi connectivity index (χ1n) is 8.91. The molecule has 4 rings (SSSR count). The quantitative estimate of drug-likeness (QED) is 0.887. The van der Waals surface area contributed by atoms with E-state index in [0.29, 0.717) is 17.3 Å². The molecule has 2 saturated heterocycles. The molecule has 1 N–H and O–H groups in total. The monoisotopic (exact) mass is 374 g/mol. The molecule has 2 aliphatic rings. The number of thiazole rings is 1. The third-order valence-corrected chi connectivity index (χ3v) is 5.81. The summed E-state index contributed by atoms with van der Waals surface area (Å²) < 4.78 is 6.29. The lowest BCUT2D eigenvalue weighted by Gasteiger charge is -2.32. The Kier molecular flexibility index (Phi) is 4.88. The third-order valence-electron chi connectivity index (χ3n) is 4.88. The molecule has 0 spiro atoms. The van der Waals surface area contributed by atoms with Gasteiger partial charge in [-0.25, -0.2) is 4.98 Å². The van der Waals surface area contributed by atoms with Crippen LogP contribution in [0.1, 0.15) is 23.2 Å². The standard InChI is InChI=1S/C18H22N4O3S/c1-21-6-8-22(9-7-21)17(24)12-4-5-13-15(11-12)26-18(19-13)20-16(23)14-3-2-10-25-14/h4-5,11,14H,2-3,6-10H2,1H3,(H,19,20,23). The van der Waals surface area contributed by atoms with Crippen LogP contribution in [-0.4, -0.2) is 72.5 Å². The smallest absolute Gasteiger partial charge is 0.255 e. The Labute approximate surface area is 155 Å². The number of benzene rings is 1. The Morgan fingerprint density at radius 3 is 2.81 bits per heavy atom. The highest BCUT2D eigenvalue weighted by Gasteiger charge is 2.25. The molecular weight excluding hydrogens is 352 g/mol. The minimum Gasteiger partial charge on any atom is -0.368 e. The van der Waals surface area contributed by atoms with E-state index in [0.717, 1.165) is 49.2 Å². The number of rotatable bonds is 3. The predicted octanol–water partition coefficient (Wildman–Crippen LogP) is 1.80. The fraction of sp³-hybridized carbons (Fsp3) is 0.500. The van der Waals surface area contributed by atoms with Gasteiger partial charge in [0.25, 0.3) is 11.8 Å². The fourth-order valence-electron chi connectivity index (χ4n) is 3.27. The van der Waals surface area contributed by atoms with Crippen molar-refractivity contribution in [3.63, 3.8) is 0 Å². The van der Waals surface area contributed by atoms with Crippen molar-refractivity contribution < 1.29 is 14.3 Å². The van der Waals surface area contributed by atoms with Gasteiger partial charge in [0.05, 0.1) is 10.2 Å². The van der Waals surface area contributed by atoms with Crippen LogP contribution in [0.15, 0.2) is 18.2 Å². The zero-order valence-electron chi connectivity index (χ0n) is 14.7. The first-order valence-corrected chi connectivity index (χ1v) is 9.73. The second-order valence-electron chi connectivity index (χ2n) is 6.79. The van der Waals surface area contributed by atoms with Crippen LogP contribution in [-0.2, 0) is 9.53 Å². The number of nitrogens with zero attached hydrogens (tertiary/aromatic N) is 3. The van der Waals surface area contributed by atoms with Gasteiger partial charge in [-0.15, -0.1) is 0 Å². The number of ether oxygens (including phenoxy) is 1. The SMILES string of the molecule is CN1CCN(C(=O)c2ccc3nc(NC(=O)C4CCCO4)sc3c2)CC1. The Balaban J connectivity index is 1.48. The number of carbonyl (C=O) groups excluding carboxylic acids is 2. The van der Waals surface area contributed by atoms with Gasteiger partial charge in [-0.1, -0.05) is 11.3 Å². The Morgan fingerprint density at radius 2 is 2.08 bits per heavy atom. The number of amides is 2. The summed E-state index contributed by atoms with van der Waals surface area (Å²) in [6.45, 7) is 3.93. The topological polar surface area (TPSA) is 74.8 Å². The number of likely N-dealkylation sites (N-methyl/N-ethyl adjacent to an activating group) is 1. The number of fused-ring (bicyclic) bond motifs is 1. The normalized spacial score (nSPS) is 21.3. The zero-order chi connectivity index (χ0) is 18.1. The lowest BCUT2D eigenvalue weighted by Crippen LogP contribution is -2.47. The Hall–Kier alpha value is -2.03. The van der Waals surface area contributed by atoms with E-state index in [4.69, 9.17) is 4.74 Å². The van der Waals surface area contributed by atoms with Gasteiger partial charge in [-0.2, -0.15) is 0 Å². The number of hydrogen-bond donors (Lipinski definition) is 1. The lowest BCUT2D eigenvalue weighted by atomic mass is 10.1. The molecule has 3 heterocycles. The van der Waals surface area contributed by atoms with Crippen LogP contribution in [0.25, 0.3) is 10.2 Å². The highest BCUT2D eigenvalue weighted by atomic mass is 32.1. The van der Waals surface area contributed by atoms with Crippen LogP contribution in [0.3, 0.4) is 0 Å². The van der Waals surface area contributed by atoms with E-state index < -0.39 is 0 Å². The maximum absolute atomic E-state index is 12.7. The largest absolute Gasteiger partial charge is 0.368 e. The molecule has 26 heavy (non-hydrogen) atoms. The average molecular weight is 374 g/mol. The van der Waals surface area contributed by atoms with E-state index in [1.54, 1.807) is 0 Å². The molecule has 7 nitrogen and oxygen atoms in total. The predicted molar refractivity (Wildman–Crippen MR) is 101 cm³/mol. The van der Waals surface area contributed by atoms with E-state index in [9.17, 15) is 9.59 Å². The van der Waals surface area contributed by atoms with Crippen molar-refractivity contribution in [2.45, 2.75) is 18.9 Å². The van der Waals surface area contributed by atoms with Gasteiger partial charge in [0.1, 0.15) is 6.10 Å². The van der Waals surface area contributed by atoms with Crippen molar-refractivity contribution in [1.82, 2.24) is 14.8 Å². The van der Waals surface area contributed by atoms with Gasteiger partial charge >= 0.3 is 0 Å². The van der Waals surface area contributed by atoms with Gasteiger partial charge < -0.3 is 14.5 Å². The van der Waals surface area contributed by atoms with Crippen LogP contribution in [0, 0.1) is 0 Å². The van der Waals surface area contributed by atoms with E-state index >= 15 is 0 Å². The Bertz CT molecular complexity index is 823. The summed E-state index contributed by atoms with van der Waals surface area (Å²) in [6.07, 6.45) is 1.28. The molecule has 1 aromatic carbocycles. The van der Waals surface area contributed by atoms with Gasteiger partial charge in [0.2, 0.25) is 0 Å². The molecule has 2 fully saturated rings. The highest BCUT2D eigenvalue weighted by molar-refractivity contribution is 7.22. The highest BCUT2D eigenvalue weighted by Crippen LogP contribution is 2.28. The number of aromatic nitrogens is 1. The molecule has 0 aliphatic carbocycles. The average Bonchev–Trinajstić information content (AvgIpc) is 3.30. The van der Waals surface area contributed by atoms with Crippen LogP contribution < -0.4 is 5.32 Å². The summed E-state index contributed by atoms with van der Waals surface area (Å²) in [4.78, 5) is 33.4. The molecule has 2 amide bonds. The summed E-state index contributed by atoms with van der Waals surface area (Å²) in [5, 5.41) is 3.38. The lowest BCUT2D eigenvalue weighted by molar-refractivity contribution is -0.124. The summed E-state index contributed by atoms with van der Waals surface area (Å²) in [5.74, 6) is -0.0892. The van der Waals surface area contributed by atoms with Crippen molar-refractivity contribution in [3.05, 3.63) is 23.8 Å². The van der Waals surface area contributed by atoms with Crippen LogP contribution in [0.4, 0.5) is 5.13 Å². The molecule has 2 aromatic rings. The zero-order valence-corrected chi connectivity index (χ0v) is 15.6. The van der Waals surface area contributed by atoms with Gasteiger partial charge in [-0.05, 0) is 38.1 Å². The van der Waals surface area contributed by atoms with Crippen LogP contribution in [0.5, 0.6) is 0 Å². The van der Waals surface area contributed by atoms with Crippen molar-refractivity contribution in [2.75, 3.05) is 45.2 Å². The maximum atomic E-state index is 12.7. The molecule has 8 heteroatoms. The van der Waals surface area contributed by atoms with Crippen LogP contribution in [0.2, 0.25) is 0 Å². The number of nitrogens with one attached hydrogen (secondary N) is 1. The number of anilines is 1. The molecule has 1 atom stereocenters. The molecule has 0 saturated carbocycles. The van der Waals surface area contributed by atoms with E-state index in [1.807, 2.05) is 23.1 Å². The first-order chi connectivity index (χ1) is 12.6. The minimum absolute atomic E-state index is 0.0540. The third kappa shape index (κ3) is 3.58. The molecule has 1 aromatic heterocycles. The van der Waals surface area contributed by atoms with E-state index in [2.05, 4.69) is 22.2 Å². The van der Waals surface area contributed by atoms with Crippen molar-refractivity contribution in [1.29, 1.82) is 0 Å². The second-order valence-corrected chi connectivity index (χ2v) is 7.82. The summed E-state index contributed by atoms with van der Waals surface area (Å²) in [7, 11) is 2.07. The molecule has 0 bridgehead atoms. The molecule has 138 valence electrons. The van der Waals surface area contributed by atoms with Gasteiger partial charge in [0, 0.05) is 38.3 Å². The summed E-state index contributed by atoms with van der Waals surface area (Å²) in [6, 6.07) is 5.53. The number of carbonyl (C=O) groups is 2. The molecule has 0 radical (unpaired) electrons. The maximum Gasteiger partial charge on any atom is 0.255 e. The van der Waals surface area contributed by atoms with Crippen molar-refractivity contribution in [3.8, 4) is 0 Å². The number of piperazine rings is 1. The van der Waals surface area contributed by atoms with E-state index in [-0.39, 0.29) is 17.9 Å². The second kappa shape index (κ2) is 7.30. The molecule has 1 unspecified atom stereocenters. The van der Waals surface area contributed by atoms with Crippen molar-refractivity contribution in [2.24, 2.45) is 0 Å².